The number of rotatable bonds is 6. The molecule has 0 aliphatic rings. The van der Waals surface area contributed by atoms with Crippen LogP contribution >= 0.6 is 0 Å². The van der Waals surface area contributed by atoms with Crippen molar-refractivity contribution in [2.45, 2.75) is 39.0 Å². The number of nitrogens with one attached hydrogen (secondary N) is 1. The number of anilines is 1. The van der Waals surface area contributed by atoms with Crippen molar-refractivity contribution in [1.29, 1.82) is 0 Å². The summed E-state index contributed by atoms with van der Waals surface area (Å²) in [6.45, 7) is 4.66. The third kappa shape index (κ3) is 4.02. The van der Waals surface area contributed by atoms with E-state index < -0.39 is 0 Å². The first-order valence-corrected chi connectivity index (χ1v) is 6.01. The van der Waals surface area contributed by atoms with Gasteiger partial charge in [0.15, 0.2) is 0 Å². The molecular formula is C12H24N4O. The highest BCUT2D eigenvalue weighted by Gasteiger charge is 2.10. The van der Waals surface area contributed by atoms with Crippen LogP contribution in [0.5, 0.6) is 0 Å². The summed E-state index contributed by atoms with van der Waals surface area (Å²) in [4.78, 5) is 6.34. The number of aromatic nitrogens is 2. The number of nitrogens with zero attached hydrogens (tertiary/aromatic N) is 3. The van der Waals surface area contributed by atoms with Crippen molar-refractivity contribution in [3.8, 4) is 0 Å². The zero-order valence-electron chi connectivity index (χ0n) is 11.4. The van der Waals surface area contributed by atoms with Gasteiger partial charge in [0.2, 0.25) is 5.95 Å². The summed E-state index contributed by atoms with van der Waals surface area (Å²) in [7, 11) is 5.98. The minimum Gasteiger partial charge on any atom is -0.393 e. The van der Waals surface area contributed by atoms with Gasteiger partial charge in [0.1, 0.15) is 0 Å². The SMILES string of the molecule is CC(O)CC(C)NCc1cnc(N(C)C)n1C. The van der Waals surface area contributed by atoms with Crippen LogP contribution in [0.15, 0.2) is 6.20 Å². The van der Waals surface area contributed by atoms with Crippen molar-refractivity contribution in [3.05, 3.63) is 11.9 Å². The van der Waals surface area contributed by atoms with Crippen LogP contribution < -0.4 is 10.2 Å². The molecule has 0 radical (unpaired) electrons. The molecule has 0 aliphatic heterocycles. The normalized spacial score (nSPS) is 14.7. The number of hydrogen-bond donors (Lipinski definition) is 2. The van der Waals surface area contributed by atoms with Crippen LogP contribution in [-0.4, -0.2) is 40.9 Å². The maximum Gasteiger partial charge on any atom is 0.204 e. The summed E-state index contributed by atoms with van der Waals surface area (Å²) in [6.07, 6.45) is 2.39. The lowest BCUT2D eigenvalue weighted by Crippen LogP contribution is -2.29. The van der Waals surface area contributed by atoms with Gasteiger partial charge in [-0.2, -0.15) is 0 Å². The smallest absolute Gasteiger partial charge is 0.204 e. The fraction of sp³-hybridized carbons (Fsp3) is 0.750. The van der Waals surface area contributed by atoms with Gasteiger partial charge in [0.05, 0.1) is 18.0 Å². The summed E-state index contributed by atoms with van der Waals surface area (Å²) in [5.41, 5.74) is 1.14. The molecule has 98 valence electrons. The summed E-state index contributed by atoms with van der Waals surface area (Å²) in [5.74, 6) is 0.949. The van der Waals surface area contributed by atoms with E-state index in [1.54, 1.807) is 0 Å². The minimum absolute atomic E-state index is 0.263. The van der Waals surface area contributed by atoms with Gasteiger partial charge < -0.3 is 19.9 Å². The molecule has 1 aromatic rings. The molecule has 0 aliphatic carbocycles. The Morgan fingerprint density at radius 1 is 1.47 bits per heavy atom. The van der Waals surface area contributed by atoms with Crippen molar-refractivity contribution in [2.75, 3.05) is 19.0 Å². The Kier molecular flexibility index (Phi) is 4.96. The average molecular weight is 240 g/mol. The van der Waals surface area contributed by atoms with Gasteiger partial charge in [0, 0.05) is 33.7 Å². The fourth-order valence-corrected chi connectivity index (χ4v) is 1.89. The number of aliphatic hydroxyl groups excluding tert-OH is 1. The lowest BCUT2D eigenvalue weighted by atomic mass is 10.1. The van der Waals surface area contributed by atoms with Crippen LogP contribution in [-0.2, 0) is 13.6 Å². The van der Waals surface area contributed by atoms with E-state index in [0.29, 0.717) is 6.04 Å². The number of hydrogen-bond acceptors (Lipinski definition) is 4. The van der Waals surface area contributed by atoms with Gasteiger partial charge >= 0.3 is 0 Å². The molecule has 1 aromatic heterocycles. The molecule has 0 saturated carbocycles. The van der Waals surface area contributed by atoms with E-state index in [-0.39, 0.29) is 6.10 Å². The predicted octanol–water partition coefficient (Wildman–Crippen LogP) is 0.735. The zero-order chi connectivity index (χ0) is 13.0. The third-order valence-electron chi connectivity index (χ3n) is 2.79. The Balaban J connectivity index is 2.52. The summed E-state index contributed by atoms with van der Waals surface area (Å²) in [6, 6.07) is 0.299. The Labute approximate surface area is 103 Å². The largest absolute Gasteiger partial charge is 0.393 e. The van der Waals surface area contributed by atoms with Gasteiger partial charge in [-0.25, -0.2) is 4.98 Å². The Hall–Kier alpha value is -1.07. The Bertz CT molecular complexity index is 346. The minimum atomic E-state index is -0.263. The molecule has 0 saturated heterocycles. The van der Waals surface area contributed by atoms with Crippen LogP contribution in [0.1, 0.15) is 26.0 Å². The summed E-state index contributed by atoms with van der Waals surface area (Å²) >= 11 is 0. The van der Waals surface area contributed by atoms with Crippen molar-refractivity contribution >= 4 is 5.95 Å². The van der Waals surface area contributed by atoms with Gasteiger partial charge in [-0.15, -0.1) is 0 Å². The lowest BCUT2D eigenvalue weighted by molar-refractivity contribution is 0.170. The van der Waals surface area contributed by atoms with Crippen LogP contribution in [0.3, 0.4) is 0 Å². The molecule has 0 amide bonds. The molecule has 0 fully saturated rings. The topological polar surface area (TPSA) is 53.3 Å². The van der Waals surface area contributed by atoms with Crippen molar-refractivity contribution < 1.29 is 5.11 Å². The monoisotopic (exact) mass is 240 g/mol. The van der Waals surface area contributed by atoms with E-state index in [9.17, 15) is 5.11 Å². The highest BCUT2D eigenvalue weighted by atomic mass is 16.3. The third-order valence-corrected chi connectivity index (χ3v) is 2.79. The predicted molar refractivity (Wildman–Crippen MR) is 70.1 cm³/mol. The second-order valence-corrected chi connectivity index (χ2v) is 4.87. The van der Waals surface area contributed by atoms with Gasteiger partial charge in [0.25, 0.3) is 0 Å². The molecule has 5 heteroatoms. The van der Waals surface area contributed by atoms with Crippen LogP contribution in [0.25, 0.3) is 0 Å². The second kappa shape index (κ2) is 6.02. The van der Waals surface area contributed by atoms with Crippen LogP contribution in [0.4, 0.5) is 5.95 Å². The highest BCUT2D eigenvalue weighted by molar-refractivity contribution is 5.30. The average Bonchev–Trinajstić information content (AvgIpc) is 2.55. The van der Waals surface area contributed by atoms with E-state index in [2.05, 4.69) is 21.8 Å². The first-order chi connectivity index (χ1) is 7.91. The Morgan fingerprint density at radius 2 is 2.12 bits per heavy atom. The van der Waals surface area contributed by atoms with E-state index in [1.165, 1.54) is 0 Å². The van der Waals surface area contributed by atoms with Crippen LogP contribution in [0.2, 0.25) is 0 Å². The fourth-order valence-electron chi connectivity index (χ4n) is 1.89. The van der Waals surface area contributed by atoms with E-state index in [1.807, 2.05) is 39.2 Å². The van der Waals surface area contributed by atoms with E-state index in [4.69, 9.17) is 0 Å². The molecule has 0 bridgehead atoms. The number of aliphatic hydroxyl groups is 1. The molecule has 2 atom stereocenters. The second-order valence-electron chi connectivity index (χ2n) is 4.87. The molecule has 1 rings (SSSR count). The maximum absolute atomic E-state index is 9.29. The molecule has 5 nitrogen and oxygen atoms in total. The molecule has 0 spiro atoms. The molecule has 2 N–H and O–H groups in total. The van der Waals surface area contributed by atoms with E-state index >= 15 is 0 Å². The Morgan fingerprint density at radius 3 is 2.59 bits per heavy atom. The van der Waals surface area contributed by atoms with Gasteiger partial charge in [-0.1, -0.05) is 0 Å². The molecule has 17 heavy (non-hydrogen) atoms. The molecule has 0 aromatic carbocycles. The lowest BCUT2D eigenvalue weighted by Gasteiger charge is -2.16. The van der Waals surface area contributed by atoms with Crippen molar-refractivity contribution in [2.24, 2.45) is 7.05 Å². The first-order valence-electron chi connectivity index (χ1n) is 6.01. The standard InChI is InChI=1S/C12H24N4O/c1-9(6-10(2)17)13-7-11-8-14-12(15(3)4)16(11)5/h8-10,13,17H,6-7H2,1-5H3. The maximum atomic E-state index is 9.29. The highest BCUT2D eigenvalue weighted by Crippen LogP contribution is 2.11. The van der Waals surface area contributed by atoms with Gasteiger partial charge in [-0.3, -0.25) is 0 Å². The molecular weight excluding hydrogens is 216 g/mol. The first kappa shape index (κ1) is 14.0. The summed E-state index contributed by atoms with van der Waals surface area (Å²) < 4.78 is 2.07. The van der Waals surface area contributed by atoms with Gasteiger partial charge in [-0.05, 0) is 20.3 Å². The number of imidazole rings is 1. The van der Waals surface area contributed by atoms with E-state index in [0.717, 1.165) is 24.6 Å². The van der Waals surface area contributed by atoms with Crippen molar-refractivity contribution in [1.82, 2.24) is 14.9 Å². The quantitative estimate of drug-likeness (QED) is 0.770. The summed E-state index contributed by atoms with van der Waals surface area (Å²) in [5, 5.41) is 12.7. The van der Waals surface area contributed by atoms with Crippen molar-refractivity contribution in [3.63, 3.8) is 0 Å². The molecule has 1 heterocycles. The molecule has 2 unspecified atom stereocenters. The zero-order valence-corrected chi connectivity index (χ0v) is 11.4. The van der Waals surface area contributed by atoms with Crippen LogP contribution in [0, 0.1) is 0 Å².